The van der Waals surface area contributed by atoms with Crippen LogP contribution in [-0.4, -0.2) is 5.91 Å². The Balaban J connectivity index is 2.02. The van der Waals surface area contributed by atoms with Crippen molar-refractivity contribution in [1.29, 1.82) is 0 Å². The minimum absolute atomic E-state index is 0.0750. The van der Waals surface area contributed by atoms with Crippen LogP contribution in [0.4, 0.5) is 5.69 Å². The van der Waals surface area contributed by atoms with Gasteiger partial charge in [0.05, 0.1) is 5.41 Å². The van der Waals surface area contributed by atoms with Gasteiger partial charge in [0.1, 0.15) is 0 Å². The Morgan fingerprint density at radius 3 is 2.67 bits per heavy atom. The molecule has 1 aliphatic heterocycles. The van der Waals surface area contributed by atoms with E-state index in [1.54, 1.807) is 0 Å². The van der Waals surface area contributed by atoms with Gasteiger partial charge >= 0.3 is 0 Å². The van der Waals surface area contributed by atoms with Crippen LogP contribution in [0.1, 0.15) is 31.2 Å². The number of hydrogen-bond acceptors (Lipinski definition) is 1. The van der Waals surface area contributed by atoms with Crippen LogP contribution in [0.25, 0.3) is 0 Å². The lowest BCUT2D eigenvalue weighted by Gasteiger charge is -2.33. The molecule has 2 heteroatoms. The predicted octanol–water partition coefficient (Wildman–Crippen LogP) is 2.74. The third-order valence-electron chi connectivity index (χ3n) is 3.84. The second-order valence-corrected chi connectivity index (χ2v) is 4.78. The van der Waals surface area contributed by atoms with Gasteiger partial charge in [0.2, 0.25) is 5.91 Å². The third kappa shape index (κ3) is 1.28. The zero-order valence-corrected chi connectivity index (χ0v) is 8.75. The van der Waals surface area contributed by atoms with Gasteiger partial charge in [-0.1, -0.05) is 31.0 Å². The molecule has 1 aromatic rings. The van der Waals surface area contributed by atoms with E-state index in [4.69, 9.17) is 0 Å². The number of benzene rings is 1. The fraction of sp³-hybridized carbons (Fsp3) is 0.462. The highest BCUT2D eigenvalue weighted by Gasteiger charge is 2.43. The van der Waals surface area contributed by atoms with Crippen LogP contribution in [0.3, 0.4) is 0 Å². The second-order valence-electron chi connectivity index (χ2n) is 4.78. The maximum Gasteiger partial charge on any atom is 0.230 e. The number of fused-ring (bicyclic) bond motifs is 1. The third-order valence-corrected chi connectivity index (χ3v) is 3.84. The van der Waals surface area contributed by atoms with Gasteiger partial charge in [-0.05, 0) is 30.9 Å². The Morgan fingerprint density at radius 1 is 1.13 bits per heavy atom. The van der Waals surface area contributed by atoms with E-state index >= 15 is 0 Å². The van der Waals surface area contributed by atoms with Gasteiger partial charge in [0.15, 0.2) is 0 Å². The number of hydrogen-bond donors (Lipinski definition) is 1. The lowest BCUT2D eigenvalue weighted by molar-refractivity contribution is -0.125. The molecule has 15 heavy (non-hydrogen) atoms. The minimum atomic E-state index is -0.0750. The first-order chi connectivity index (χ1) is 7.30. The van der Waals surface area contributed by atoms with Gasteiger partial charge in [-0.2, -0.15) is 0 Å². The number of rotatable bonds is 0. The molecule has 0 bridgehead atoms. The molecule has 1 aromatic carbocycles. The molecule has 2 nitrogen and oxygen atoms in total. The SMILES string of the molecule is O=C1Nc2ccccc2CC12CCCC2. The van der Waals surface area contributed by atoms with Crippen LogP contribution >= 0.6 is 0 Å². The summed E-state index contributed by atoms with van der Waals surface area (Å²) in [5.41, 5.74) is 2.24. The van der Waals surface area contributed by atoms with Gasteiger partial charge < -0.3 is 5.32 Å². The number of nitrogens with one attached hydrogen (secondary N) is 1. The smallest absolute Gasteiger partial charge is 0.230 e. The van der Waals surface area contributed by atoms with Gasteiger partial charge in [-0.25, -0.2) is 0 Å². The van der Waals surface area contributed by atoms with Gasteiger partial charge in [-0.15, -0.1) is 0 Å². The Kier molecular flexibility index (Phi) is 1.84. The maximum absolute atomic E-state index is 12.1. The molecule has 0 saturated heterocycles. The fourth-order valence-corrected chi connectivity index (χ4v) is 2.95. The topological polar surface area (TPSA) is 29.1 Å². The van der Waals surface area contributed by atoms with Crippen molar-refractivity contribution in [3.63, 3.8) is 0 Å². The highest BCUT2D eigenvalue weighted by Crippen LogP contribution is 2.45. The molecule has 0 unspecified atom stereocenters. The highest BCUT2D eigenvalue weighted by atomic mass is 16.2. The summed E-state index contributed by atoms with van der Waals surface area (Å²) < 4.78 is 0. The summed E-state index contributed by atoms with van der Waals surface area (Å²) in [6.45, 7) is 0. The average molecular weight is 201 g/mol. The first-order valence-electron chi connectivity index (χ1n) is 5.70. The van der Waals surface area contributed by atoms with E-state index in [9.17, 15) is 4.79 Å². The minimum Gasteiger partial charge on any atom is -0.325 e. The monoisotopic (exact) mass is 201 g/mol. The number of carbonyl (C=O) groups is 1. The molecular weight excluding hydrogens is 186 g/mol. The van der Waals surface area contributed by atoms with E-state index in [1.807, 2.05) is 12.1 Å². The molecule has 0 atom stereocenters. The molecule has 1 saturated carbocycles. The zero-order chi connectivity index (χ0) is 10.3. The predicted molar refractivity (Wildman–Crippen MR) is 59.7 cm³/mol. The van der Waals surface area contributed by atoms with Crippen molar-refractivity contribution < 1.29 is 4.79 Å². The molecule has 78 valence electrons. The van der Waals surface area contributed by atoms with Crippen LogP contribution in [0.2, 0.25) is 0 Å². The normalized spacial score (nSPS) is 22.5. The standard InChI is InChI=1S/C13H15NO/c15-12-13(7-3-4-8-13)9-10-5-1-2-6-11(10)14-12/h1-2,5-6H,3-4,7-9H2,(H,14,15). The number of carbonyl (C=O) groups excluding carboxylic acids is 1. The Morgan fingerprint density at radius 2 is 1.87 bits per heavy atom. The summed E-state index contributed by atoms with van der Waals surface area (Å²) in [4.78, 5) is 12.1. The molecule has 1 N–H and O–H groups in total. The number of anilines is 1. The van der Waals surface area contributed by atoms with E-state index in [-0.39, 0.29) is 11.3 Å². The molecule has 1 fully saturated rings. The van der Waals surface area contributed by atoms with Crippen molar-refractivity contribution in [1.82, 2.24) is 0 Å². The van der Waals surface area contributed by atoms with Crippen LogP contribution in [0.5, 0.6) is 0 Å². The fourth-order valence-electron chi connectivity index (χ4n) is 2.95. The summed E-state index contributed by atoms with van der Waals surface area (Å²) >= 11 is 0. The van der Waals surface area contributed by atoms with Gasteiger partial charge in [-0.3, -0.25) is 4.79 Å². The van der Waals surface area contributed by atoms with E-state index in [0.717, 1.165) is 24.9 Å². The zero-order valence-electron chi connectivity index (χ0n) is 8.75. The van der Waals surface area contributed by atoms with Crippen molar-refractivity contribution in [2.24, 2.45) is 5.41 Å². The maximum atomic E-state index is 12.1. The van der Waals surface area contributed by atoms with Crippen LogP contribution in [-0.2, 0) is 11.2 Å². The lowest BCUT2D eigenvalue weighted by atomic mass is 9.76. The molecular formula is C13H15NO. The summed E-state index contributed by atoms with van der Waals surface area (Å²) in [6.07, 6.45) is 5.47. The van der Waals surface area contributed by atoms with Crippen molar-refractivity contribution in [2.75, 3.05) is 5.32 Å². The summed E-state index contributed by atoms with van der Waals surface area (Å²) in [5, 5.41) is 3.05. The first-order valence-corrected chi connectivity index (χ1v) is 5.70. The molecule has 1 amide bonds. The average Bonchev–Trinajstić information content (AvgIpc) is 2.70. The lowest BCUT2D eigenvalue weighted by Crippen LogP contribution is -2.39. The molecule has 2 aliphatic rings. The van der Waals surface area contributed by atoms with Crippen molar-refractivity contribution in [2.45, 2.75) is 32.1 Å². The van der Waals surface area contributed by atoms with Crippen molar-refractivity contribution in [3.8, 4) is 0 Å². The highest BCUT2D eigenvalue weighted by molar-refractivity contribution is 5.98. The molecule has 3 rings (SSSR count). The van der Waals surface area contributed by atoms with E-state index < -0.39 is 0 Å². The largest absolute Gasteiger partial charge is 0.325 e. The van der Waals surface area contributed by atoms with E-state index in [2.05, 4.69) is 17.4 Å². The number of amides is 1. The van der Waals surface area contributed by atoms with Crippen LogP contribution in [0, 0.1) is 5.41 Å². The van der Waals surface area contributed by atoms with Crippen LogP contribution in [0.15, 0.2) is 24.3 Å². The van der Waals surface area contributed by atoms with E-state index in [0.29, 0.717) is 0 Å². The second kappa shape index (κ2) is 3.09. The Hall–Kier alpha value is -1.31. The summed E-state index contributed by atoms with van der Waals surface area (Å²) in [5.74, 6) is 0.249. The Labute approximate surface area is 89.7 Å². The summed E-state index contributed by atoms with van der Waals surface area (Å²) in [7, 11) is 0. The van der Waals surface area contributed by atoms with Gasteiger partial charge in [0, 0.05) is 5.69 Å². The summed E-state index contributed by atoms with van der Waals surface area (Å²) in [6, 6.07) is 8.16. The number of para-hydroxylation sites is 1. The molecule has 1 heterocycles. The van der Waals surface area contributed by atoms with Crippen molar-refractivity contribution >= 4 is 11.6 Å². The molecule has 1 aliphatic carbocycles. The van der Waals surface area contributed by atoms with Crippen molar-refractivity contribution in [3.05, 3.63) is 29.8 Å². The van der Waals surface area contributed by atoms with Gasteiger partial charge in [0.25, 0.3) is 0 Å². The molecule has 0 radical (unpaired) electrons. The van der Waals surface area contributed by atoms with Crippen LogP contribution < -0.4 is 5.32 Å². The Bertz CT molecular complexity index is 405. The van der Waals surface area contributed by atoms with E-state index in [1.165, 1.54) is 18.4 Å². The quantitative estimate of drug-likeness (QED) is 0.687. The molecule has 0 aromatic heterocycles. The molecule has 1 spiro atoms. The first kappa shape index (κ1) is 8.96.